The monoisotopic (exact) mass is 462 g/mol. The Morgan fingerprint density at radius 1 is 0.882 bits per heavy atom. The molecule has 4 rings (SSSR count). The maximum absolute atomic E-state index is 13.8. The summed E-state index contributed by atoms with van der Waals surface area (Å²) in [5.74, 6) is -2.40. The summed E-state index contributed by atoms with van der Waals surface area (Å²) in [6.07, 6.45) is 0.476. The molecule has 0 aromatic heterocycles. The van der Waals surface area contributed by atoms with E-state index in [0.717, 1.165) is 17.7 Å². The van der Waals surface area contributed by atoms with E-state index >= 15 is 0 Å². The summed E-state index contributed by atoms with van der Waals surface area (Å²) < 4.78 is 32.8. The van der Waals surface area contributed by atoms with Crippen LogP contribution in [0.5, 0.6) is 5.75 Å². The van der Waals surface area contributed by atoms with Gasteiger partial charge in [-0.3, -0.25) is 14.5 Å². The topological polar surface area (TPSA) is 58.6 Å². The number of anilines is 1. The van der Waals surface area contributed by atoms with Gasteiger partial charge < -0.3 is 10.1 Å². The lowest BCUT2D eigenvalue weighted by atomic mass is 10.0. The van der Waals surface area contributed by atoms with Crippen LogP contribution in [0, 0.1) is 11.6 Å². The predicted molar refractivity (Wildman–Crippen MR) is 126 cm³/mol. The Hall–Kier alpha value is -4.00. The number of hydrogen-bond donors (Lipinski definition) is 1. The lowest BCUT2D eigenvalue weighted by Crippen LogP contribution is -2.34. The van der Waals surface area contributed by atoms with Crippen molar-refractivity contribution in [3.05, 3.63) is 101 Å². The van der Waals surface area contributed by atoms with Crippen LogP contribution in [-0.4, -0.2) is 29.4 Å². The average molecular weight is 462 g/mol. The van der Waals surface area contributed by atoms with Crippen molar-refractivity contribution in [2.45, 2.75) is 26.4 Å². The van der Waals surface area contributed by atoms with Crippen molar-refractivity contribution < 1.29 is 23.1 Å². The van der Waals surface area contributed by atoms with Gasteiger partial charge in [0.2, 0.25) is 0 Å². The second kappa shape index (κ2) is 9.87. The number of nitrogens with one attached hydrogen (secondary N) is 1. The first-order chi connectivity index (χ1) is 16.3. The summed E-state index contributed by atoms with van der Waals surface area (Å²) in [7, 11) is 0. The van der Waals surface area contributed by atoms with Crippen molar-refractivity contribution in [1.82, 2.24) is 4.90 Å². The number of halogens is 2. The smallest absolute Gasteiger partial charge is 0.278 e. The summed E-state index contributed by atoms with van der Waals surface area (Å²) in [6.45, 7) is 4.00. The lowest BCUT2D eigenvalue weighted by Gasteiger charge is -2.15. The van der Waals surface area contributed by atoms with Crippen LogP contribution >= 0.6 is 0 Å². The number of imide groups is 1. The molecule has 2 amide bonds. The van der Waals surface area contributed by atoms with Crippen LogP contribution in [0.25, 0.3) is 5.57 Å². The molecule has 0 radical (unpaired) electrons. The van der Waals surface area contributed by atoms with E-state index in [1.807, 2.05) is 44.2 Å². The summed E-state index contributed by atoms with van der Waals surface area (Å²) in [6, 6.07) is 19.6. The van der Waals surface area contributed by atoms with Crippen molar-refractivity contribution >= 4 is 23.1 Å². The molecule has 0 aliphatic carbocycles. The van der Waals surface area contributed by atoms with Gasteiger partial charge in [-0.1, -0.05) is 42.5 Å². The zero-order chi connectivity index (χ0) is 24.2. The minimum Gasteiger partial charge on any atom is -0.491 e. The third-order valence-corrected chi connectivity index (χ3v) is 5.34. The Morgan fingerprint density at radius 3 is 2.24 bits per heavy atom. The molecule has 0 spiro atoms. The molecule has 0 saturated heterocycles. The molecule has 174 valence electrons. The van der Waals surface area contributed by atoms with Gasteiger partial charge in [-0.25, -0.2) is 8.78 Å². The molecule has 0 fully saturated rings. The average Bonchev–Trinajstić information content (AvgIpc) is 3.04. The van der Waals surface area contributed by atoms with Gasteiger partial charge in [-0.2, -0.15) is 0 Å². The van der Waals surface area contributed by atoms with E-state index in [0.29, 0.717) is 17.7 Å². The molecule has 7 heteroatoms. The molecule has 3 aromatic rings. The number of benzene rings is 3. The summed E-state index contributed by atoms with van der Waals surface area (Å²) in [4.78, 5) is 27.8. The van der Waals surface area contributed by atoms with Crippen molar-refractivity contribution in [2.75, 3.05) is 11.9 Å². The standard InChI is InChI=1S/C27H24F2N2O3/c1-17(2)34-21-11-8-19(9-12-21)24-25(30-20-10-13-22(28)23(29)16-20)27(33)31(26(24)32)15-14-18-6-4-3-5-7-18/h3-13,16-17,30H,14-15H2,1-2H3. The molecule has 0 atom stereocenters. The van der Waals surface area contributed by atoms with Gasteiger partial charge in [0.05, 0.1) is 11.7 Å². The van der Waals surface area contributed by atoms with Crippen LogP contribution in [-0.2, 0) is 16.0 Å². The number of hydrogen-bond acceptors (Lipinski definition) is 4. The molecule has 0 bridgehead atoms. The Labute approximate surface area is 196 Å². The highest BCUT2D eigenvalue weighted by Crippen LogP contribution is 2.32. The van der Waals surface area contributed by atoms with E-state index in [1.165, 1.54) is 11.0 Å². The minimum absolute atomic E-state index is 0.0150. The van der Waals surface area contributed by atoms with E-state index in [2.05, 4.69) is 5.32 Å². The highest BCUT2D eigenvalue weighted by atomic mass is 19.2. The highest BCUT2D eigenvalue weighted by molar-refractivity contribution is 6.36. The Balaban J connectivity index is 1.67. The maximum atomic E-state index is 13.8. The van der Waals surface area contributed by atoms with E-state index in [1.54, 1.807) is 24.3 Å². The summed E-state index contributed by atoms with van der Waals surface area (Å²) in [5.41, 5.74) is 1.85. The van der Waals surface area contributed by atoms with Gasteiger partial charge in [0.25, 0.3) is 11.8 Å². The number of amides is 2. The van der Waals surface area contributed by atoms with E-state index in [4.69, 9.17) is 4.74 Å². The zero-order valence-electron chi connectivity index (χ0n) is 18.8. The third-order valence-electron chi connectivity index (χ3n) is 5.34. The predicted octanol–water partition coefficient (Wildman–Crippen LogP) is 5.19. The van der Waals surface area contributed by atoms with Crippen molar-refractivity contribution in [2.24, 2.45) is 0 Å². The number of nitrogens with zero attached hydrogens (tertiary/aromatic N) is 1. The third kappa shape index (κ3) is 4.98. The van der Waals surface area contributed by atoms with Crippen LogP contribution in [0.4, 0.5) is 14.5 Å². The minimum atomic E-state index is -1.06. The summed E-state index contributed by atoms with van der Waals surface area (Å²) >= 11 is 0. The van der Waals surface area contributed by atoms with Crippen molar-refractivity contribution in [3.8, 4) is 5.75 Å². The second-order valence-electron chi connectivity index (χ2n) is 8.19. The van der Waals surface area contributed by atoms with E-state index in [9.17, 15) is 18.4 Å². The van der Waals surface area contributed by atoms with Crippen LogP contribution in [0.2, 0.25) is 0 Å². The van der Waals surface area contributed by atoms with Crippen LogP contribution in [0.1, 0.15) is 25.0 Å². The molecule has 3 aromatic carbocycles. The fourth-order valence-corrected chi connectivity index (χ4v) is 3.74. The van der Waals surface area contributed by atoms with Crippen LogP contribution in [0.3, 0.4) is 0 Å². The SMILES string of the molecule is CC(C)Oc1ccc(C2=C(Nc3ccc(F)c(F)c3)C(=O)N(CCc3ccccc3)C2=O)cc1. The van der Waals surface area contributed by atoms with Crippen molar-refractivity contribution in [3.63, 3.8) is 0 Å². The number of rotatable bonds is 8. The fourth-order valence-electron chi connectivity index (χ4n) is 3.74. The molecule has 0 unspecified atom stereocenters. The molecule has 1 heterocycles. The molecule has 0 saturated carbocycles. The molecule has 1 N–H and O–H groups in total. The first kappa shape index (κ1) is 23.2. The van der Waals surface area contributed by atoms with Gasteiger partial charge in [-0.05, 0) is 55.7 Å². The van der Waals surface area contributed by atoms with Crippen LogP contribution in [0.15, 0.2) is 78.5 Å². The number of carbonyl (C=O) groups excluding carboxylic acids is 2. The quantitative estimate of drug-likeness (QED) is 0.469. The zero-order valence-corrected chi connectivity index (χ0v) is 18.8. The van der Waals surface area contributed by atoms with Crippen LogP contribution < -0.4 is 10.1 Å². The van der Waals surface area contributed by atoms with E-state index in [-0.39, 0.29) is 29.6 Å². The lowest BCUT2D eigenvalue weighted by molar-refractivity contribution is -0.136. The molecule has 5 nitrogen and oxygen atoms in total. The Bertz CT molecular complexity index is 1240. The van der Waals surface area contributed by atoms with Gasteiger partial charge in [0.1, 0.15) is 11.4 Å². The van der Waals surface area contributed by atoms with Gasteiger partial charge >= 0.3 is 0 Å². The number of carbonyl (C=O) groups is 2. The summed E-state index contributed by atoms with van der Waals surface area (Å²) in [5, 5.41) is 2.84. The fraction of sp³-hybridized carbons (Fsp3) is 0.185. The number of ether oxygens (including phenoxy) is 1. The van der Waals surface area contributed by atoms with Gasteiger partial charge in [-0.15, -0.1) is 0 Å². The van der Waals surface area contributed by atoms with Gasteiger partial charge in [0.15, 0.2) is 11.6 Å². The molecule has 34 heavy (non-hydrogen) atoms. The first-order valence-electron chi connectivity index (χ1n) is 11.0. The largest absolute Gasteiger partial charge is 0.491 e. The molecule has 1 aliphatic rings. The maximum Gasteiger partial charge on any atom is 0.278 e. The molecule has 1 aliphatic heterocycles. The Morgan fingerprint density at radius 2 is 1.59 bits per heavy atom. The second-order valence-corrected chi connectivity index (χ2v) is 8.19. The van der Waals surface area contributed by atoms with E-state index < -0.39 is 23.4 Å². The van der Waals surface area contributed by atoms with Crippen molar-refractivity contribution in [1.29, 1.82) is 0 Å². The van der Waals surface area contributed by atoms with Gasteiger partial charge in [0, 0.05) is 18.3 Å². The normalized spacial score (nSPS) is 13.7. The molecular formula is C27H24F2N2O3. The molecular weight excluding hydrogens is 438 g/mol. The Kier molecular flexibility index (Phi) is 6.72. The highest BCUT2D eigenvalue weighted by Gasteiger charge is 2.39. The first-order valence-corrected chi connectivity index (χ1v) is 11.0.